The molecule has 0 saturated heterocycles. The summed E-state index contributed by atoms with van der Waals surface area (Å²) < 4.78 is 10.4. The van der Waals surface area contributed by atoms with Crippen molar-refractivity contribution in [1.82, 2.24) is 4.98 Å². The zero-order valence-electron chi connectivity index (χ0n) is 13.7. The average molecular weight is 356 g/mol. The van der Waals surface area contributed by atoms with Crippen LogP contribution >= 0.6 is 11.8 Å². The molecule has 0 fully saturated rings. The van der Waals surface area contributed by atoms with Gasteiger partial charge in [0.2, 0.25) is 0 Å². The van der Waals surface area contributed by atoms with Crippen molar-refractivity contribution in [1.29, 1.82) is 10.5 Å². The Kier molecular flexibility index (Phi) is 6.07. The van der Waals surface area contributed by atoms with Gasteiger partial charge in [0.25, 0.3) is 0 Å². The second-order valence-electron chi connectivity index (χ2n) is 4.79. The molecule has 0 amide bonds. The molecular weight excluding hydrogens is 340 g/mol. The van der Waals surface area contributed by atoms with E-state index in [1.165, 1.54) is 24.9 Å². The summed E-state index contributed by atoms with van der Waals surface area (Å²) in [5.41, 5.74) is 7.13. The van der Waals surface area contributed by atoms with E-state index >= 15 is 0 Å². The van der Waals surface area contributed by atoms with Crippen LogP contribution in [-0.4, -0.2) is 29.7 Å². The molecule has 1 aromatic carbocycles. The Bertz CT molecular complexity index is 872. The van der Waals surface area contributed by atoms with E-state index in [1.807, 2.05) is 13.0 Å². The first kappa shape index (κ1) is 18.4. The number of phenols is 1. The summed E-state index contributed by atoms with van der Waals surface area (Å²) in [7, 11) is 1.42. The molecule has 0 aliphatic carbocycles. The number of nitrogens with two attached hydrogens (primary N) is 1. The topological polar surface area (TPSA) is 125 Å². The Labute approximate surface area is 149 Å². The van der Waals surface area contributed by atoms with Gasteiger partial charge in [0.1, 0.15) is 28.5 Å². The van der Waals surface area contributed by atoms with Crippen molar-refractivity contribution in [3.63, 3.8) is 0 Å². The van der Waals surface area contributed by atoms with E-state index in [4.69, 9.17) is 15.2 Å². The Hall–Kier alpha value is -2.94. The molecule has 0 spiro atoms. The summed E-state index contributed by atoms with van der Waals surface area (Å²) in [5.74, 6) is 0.518. The first-order valence-electron chi connectivity index (χ1n) is 7.28. The number of nitriles is 2. The van der Waals surface area contributed by atoms with E-state index in [-0.39, 0.29) is 28.4 Å². The zero-order chi connectivity index (χ0) is 18.4. The number of hydrogen-bond donors (Lipinski definition) is 2. The number of benzene rings is 1. The van der Waals surface area contributed by atoms with Crippen LogP contribution in [0.3, 0.4) is 0 Å². The van der Waals surface area contributed by atoms with Crippen LogP contribution in [-0.2, 0) is 4.74 Å². The standard InChI is InChI=1S/C17H16N4O3S/c1-3-24-9-25-17-12(8-19)15(11(7-18)16(20)21-17)10-4-5-13(22)14(6-10)23-2/h4-6,22H,3,9H2,1-2H3,(H2,20,21). The van der Waals surface area contributed by atoms with Gasteiger partial charge in [-0.2, -0.15) is 10.5 Å². The highest BCUT2D eigenvalue weighted by Crippen LogP contribution is 2.38. The number of pyridine rings is 1. The molecule has 3 N–H and O–H groups in total. The van der Waals surface area contributed by atoms with Crippen molar-refractivity contribution in [2.75, 3.05) is 25.4 Å². The van der Waals surface area contributed by atoms with Gasteiger partial charge in [-0.1, -0.05) is 17.8 Å². The minimum atomic E-state index is -0.0452. The summed E-state index contributed by atoms with van der Waals surface area (Å²) >= 11 is 1.23. The molecule has 0 aliphatic rings. The van der Waals surface area contributed by atoms with E-state index in [1.54, 1.807) is 12.1 Å². The first-order valence-corrected chi connectivity index (χ1v) is 8.27. The highest BCUT2D eigenvalue weighted by molar-refractivity contribution is 7.99. The molecule has 0 saturated carbocycles. The predicted octanol–water partition coefficient (Wildman–Crippen LogP) is 2.87. The minimum absolute atomic E-state index is 0.0301. The van der Waals surface area contributed by atoms with Gasteiger partial charge in [-0.15, -0.1) is 0 Å². The molecular formula is C17H16N4O3S. The van der Waals surface area contributed by atoms with Crippen LogP contribution in [0.5, 0.6) is 11.5 Å². The molecule has 0 unspecified atom stereocenters. The molecule has 0 atom stereocenters. The Balaban J connectivity index is 2.70. The quantitative estimate of drug-likeness (QED) is 0.460. The van der Waals surface area contributed by atoms with Crippen molar-refractivity contribution in [3.8, 4) is 34.8 Å². The van der Waals surface area contributed by atoms with Crippen LogP contribution in [0.15, 0.2) is 23.2 Å². The molecule has 0 radical (unpaired) electrons. The van der Waals surface area contributed by atoms with Gasteiger partial charge in [0.05, 0.1) is 18.6 Å². The van der Waals surface area contributed by atoms with Gasteiger partial charge in [0.15, 0.2) is 11.5 Å². The molecule has 2 aromatic rings. The lowest BCUT2D eigenvalue weighted by Crippen LogP contribution is -2.04. The van der Waals surface area contributed by atoms with E-state index in [9.17, 15) is 15.6 Å². The maximum atomic E-state index is 9.77. The summed E-state index contributed by atoms with van der Waals surface area (Å²) in [6.07, 6.45) is 0. The number of anilines is 1. The highest BCUT2D eigenvalue weighted by atomic mass is 32.2. The number of nitrogens with zero attached hydrogens (tertiary/aromatic N) is 3. The van der Waals surface area contributed by atoms with Crippen molar-refractivity contribution in [3.05, 3.63) is 29.3 Å². The minimum Gasteiger partial charge on any atom is -0.504 e. The number of phenolic OH excluding ortho intramolecular Hbond substituents is 1. The van der Waals surface area contributed by atoms with E-state index in [0.29, 0.717) is 28.7 Å². The number of aromatic hydroxyl groups is 1. The van der Waals surface area contributed by atoms with Crippen LogP contribution in [0, 0.1) is 22.7 Å². The van der Waals surface area contributed by atoms with Gasteiger partial charge >= 0.3 is 0 Å². The van der Waals surface area contributed by atoms with Crippen molar-refractivity contribution >= 4 is 17.6 Å². The summed E-state index contributed by atoms with van der Waals surface area (Å²) in [6, 6.07) is 8.66. The highest BCUT2D eigenvalue weighted by Gasteiger charge is 2.21. The van der Waals surface area contributed by atoms with Gasteiger partial charge < -0.3 is 20.3 Å². The van der Waals surface area contributed by atoms with Gasteiger partial charge in [0, 0.05) is 12.2 Å². The molecule has 1 aromatic heterocycles. The second-order valence-corrected chi connectivity index (χ2v) is 5.70. The summed E-state index contributed by atoms with van der Waals surface area (Å²) in [6.45, 7) is 2.39. The monoisotopic (exact) mass is 356 g/mol. The number of methoxy groups -OCH3 is 1. The number of thioether (sulfide) groups is 1. The molecule has 25 heavy (non-hydrogen) atoms. The van der Waals surface area contributed by atoms with Crippen molar-refractivity contribution in [2.45, 2.75) is 11.9 Å². The summed E-state index contributed by atoms with van der Waals surface area (Å²) in [4.78, 5) is 4.17. The van der Waals surface area contributed by atoms with Crippen LogP contribution in [0.2, 0.25) is 0 Å². The molecule has 2 rings (SSSR count). The average Bonchev–Trinajstić information content (AvgIpc) is 2.62. The van der Waals surface area contributed by atoms with E-state index in [2.05, 4.69) is 11.1 Å². The van der Waals surface area contributed by atoms with Gasteiger partial charge in [-0.3, -0.25) is 0 Å². The second kappa shape index (κ2) is 8.25. The molecule has 0 bridgehead atoms. The Morgan fingerprint density at radius 1 is 1.28 bits per heavy atom. The normalized spacial score (nSPS) is 10.1. The van der Waals surface area contributed by atoms with Crippen LogP contribution < -0.4 is 10.5 Å². The summed E-state index contributed by atoms with van der Waals surface area (Å²) in [5, 5.41) is 29.3. The third-order valence-electron chi connectivity index (χ3n) is 3.37. The molecule has 8 heteroatoms. The lowest BCUT2D eigenvalue weighted by atomic mass is 9.96. The molecule has 128 valence electrons. The molecule has 0 aliphatic heterocycles. The fourth-order valence-corrected chi connectivity index (χ4v) is 3.02. The van der Waals surface area contributed by atoms with Crippen LogP contribution in [0.4, 0.5) is 5.82 Å². The lowest BCUT2D eigenvalue weighted by Gasteiger charge is -2.14. The zero-order valence-corrected chi connectivity index (χ0v) is 14.6. The fourth-order valence-electron chi connectivity index (χ4n) is 2.21. The maximum absolute atomic E-state index is 9.77. The van der Waals surface area contributed by atoms with Crippen LogP contribution in [0.1, 0.15) is 18.1 Å². The first-order chi connectivity index (χ1) is 12.1. The third-order valence-corrected chi connectivity index (χ3v) is 4.22. The number of rotatable bonds is 6. The third kappa shape index (κ3) is 3.77. The number of ether oxygens (including phenoxy) is 2. The predicted molar refractivity (Wildman–Crippen MR) is 94.1 cm³/mol. The Morgan fingerprint density at radius 2 is 2.00 bits per heavy atom. The van der Waals surface area contributed by atoms with Crippen LogP contribution in [0.25, 0.3) is 11.1 Å². The van der Waals surface area contributed by atoms with Gasteiger partial charge in [-0.25, -0.2) is 4.98 Å². The van der Waals surface area contributed by atoms with E-state index in [0.717, 1.165) is 0 Å². The maximum Gasteiger partial charge on any atom is 0.161 e. The number of hydrogen-bond acceptors (Lipinski definition) is 8. The van der Waals surface area contributed by atoms with Crippen molar-refractivity contribution < 1.29 is 14.6 Å². The molecule has 1 heterocycles. The van der Waals surface area contributed by atoms with Crippen molar-refractivity contribution in [2.24, 2.45) is 0 Å². The number of nitrogen functional groups attached to an aromatic ring is 1. The van der Waals surface area contributed by atoms with Gasteiger partial charge in [-0.05, 0) is 24.6 Å². The number of aromatic nitrogens is 1. The smallest absolute Gasteiger partial charge is 0.161 e. The SMILES string of the molecule is CCOCSc1nc(N)c(C#N)c(-c2ccc(O)c(OC)c2)c1C#N. The molecule has 7 nitrogen and oxygen atoms in total. The Morgan fingerprint density at radius 3 is 2.60 bits per heavy atom. The largest absolute Gasteiger partial charge is 0.504 e. The fraction of sp³-hybridized carbons (Fsp3) is 0.235. The lowest BCUT2D eigenvalue weighted by molar-refractivity contribution is 0.199. The van der Waals surface area contributed by atoms with E-state index < -0.39 is 0 Å².